The maximum atomic E-state index is 12.3. The fraction of sp³-hybridized carbons (Fsp3) is 0.200. The number of Topliss-reactive ketones (excluding diaryl/α,β-unsaturated/α-hetero) is 1. The maximum absolute atomic E-state index is 12.3. The Morgan fingerprint density at radius 1 is 1.35 bits per heavy atom. The Morgan fingerprint density at radius 2 is 1.95 bits per heavy atom. The summed E-state index contributed by atoms with van der Waals surface area (Å²) in [7, 11) is -5.87. The minimum Gasteiger partial charge on any atom is -0.374 e. The summed E-state index contributed by atoms with van der Waals surface area (Å²) in [5.41, 5.74) is -5.57. The predicted octanol–water partition coefficient (Wildman–Crippen LogP) is 2.07. The molecule has 0 atom stereocenters. The van der Waals surface area contributed by atoms with E-state index in [1.807, 2.05) is 0 Å². The first kappa shape index (κ1) is 15.2. The van der Waals surface area contributed by atoms with Crippen molar-refractivity contribution in [3.05, 3.63) is 26.3 Å². The van der Waals surface area contributed by atoms with Crippen LogP contribution in [0.3, 0.4) is 0 Å². The molecule has 1 aliphatic carbocycles. The standard InChI is InChI=1S/C10H4F3IO5S/c11-10(12,13)20(17,18)19-9-6(14)1-4(3-15)5-2-7(16)8(5)9/h1,3H,2H2. The van der Waals surface area contributed by atoms with Crippen molar-refractivity contribution in [1.82, 2.24) is 0 Å². The van der Waals surface area contributed by atoms with Crippen LogP contribution in [-0.4, -0.2) is 26.0 Å². The van der Waals surface area contributed by atoms with Gasteiger partial charge in [-0.3, -0.25) is 9.59 Å². The van der Waals surface area contributed by atoms with E-state index in [9.17, 15) is 31.2 Å². The number of hydrogen-bond acceptors (Lipinski definition) is 5. The molecule has 0 radical (unpaired) electrons. The highest BCUT2D eigenvalue weighted by Crippen LogP contribution is 2.40. The largest absolute Gasteiger partial charge is 0.534 e. The third kappa shape index (κ3) is 2.30. The molecule has 20 heavy (non-hydrogen) atoms. The average Bonchev–Trinajstić information content (AvgIpc) is 2.29. The third-order valence-electron chi connectivity index (χ3n) is 2.60. The number of hydrogen-bond donors (Lipinski definition) is 0. The number of carbonyl (C=O) groups is 2. The van der Waals surface area contributed by atoms with Gasteiger partial charge in [0.15, 0.2) is 11.5 Å². The summed E-state index contributed by atoms with van der Waals surface area (Å²) >= 11 is 1.50. The molecule has 0 amide bonds. The van der Waals surface area contributed by atoms with Gasteiger partial charge in [0.1, 0.15) is 6.29 Å². The van der Waals surface area contributed by atoms with Gasteiger partial charge in [-0.25, -0.2) is 0 Å². The van der Waals surface area contributed by atoms with Crippen LogP contribution in [0, 0.1) is 3.57 Å². The Morgan fingerprint density at radius 3 is 2.40 bits per heavy atom. The molecule has 0 fully saturated rings. The Balaban J connectivity index is 2.58. The molecule has 0 saturated carbocycles. The minimum atomic E-state index is -5.87. The van der Waals surface area contributed by atoms with Crippen molar-refractivity contribution in [2.24, 2.45) is 0 Å². The Bertz CT molecular complexity index is 723. The zero-order valence-corrected chi connectivity index (χ0v) is 12.3. The Hall–Kier alpha value is -1.17. The van der Waals surface area contributed by atoms with Crippen molar-refractivity contribution in [3.8, 4) is 5.75 Å². The second-order valence-corrected chi connectivity index (χ2v) is 6.53. The van der Waals surface area contributed by atoms with E-state index in [1.54, 1.807) is 0 Å². The van der Waals surface area contributed by atoms with E-state index in [1.165, 1.54) is 28.7 Å². The van der Waals surface area contributed by atoms with Crippen LogP contribution in [-0.2, 0) is 16.5 Å². The number of benzene rings is 1. The van der Waals surface area contributed by atoms with Crippen LogP contribution in [0.25, 0.3) is 0 Å². The highest BCUT2D eigenvalue weighted by Gasteiger charge is 2.49. The molecule has 108 valence electrons. The lowest BCUT2D eigenvalue weighted by molar-refractivity contribution is -0.0500. The van der Waals surface area contributed by atoms with Gasteiger partial charge in [-0.15, -0.1) is 0 Å². The van der Waals surface area contributed by atoms with E-state index in [0.717, 1.165) is 0 Å². The van der Waals surface area contributed by atoms with Gasteiger partial charge >= 0.3 is 15.6 Å². The van der Waals surface area contributed by atoms with Crippen LogP contribution in [0.4, 0.5) is 13.2 Å². The third-order valence-corrected chi connectivity index (χ3v) is 4.35. The number of rotatable bonds is 3. The summed E-state index contributed by atoms with van der Waals surface area (Å²) in [5.74, 6) is -1.26. The number of fused-ring (bicyclic) bond motifs is 1. The molecule has 0 heterocycles. The lowest BCUT2D eigenvalue weighted by atomic mass is 9.83. The van der Waals surface area contributed by atoms with E-state index in [-0.39, 0.29) is 26.7 Å². The molecular weight excluding hydrogens is 416 g/mol. The van der Waals surface area contributed by atoms with Gasteiger partial charge in [-0.2, -0.15) is 21.6 Å². The van der Waals surface area contributed by atoms with Gasteiger partial charge in [0.25, 0.3) is 0 Å². The first-order valence-electron chi connectivity index (χ1n) is 4.93. The van der Waals surface area contributed by atoms with Crippen LogP contribution in [0.5, 0.6) is 5.75 Å². The zero-order valence-electron chi connectivity index (χ0n) is 9.32. The fourth-order valence-electron chi connectivity index (χ4n) is 1.66. The minimum absolute atomic E-state index is 0.0654. The summed E-state index contributed by atoms with van der Waals surface area (Å²) in [6.07, 6.45) is 0.304. The van der Waals surface area contributed by atoms with E-state index < -0.39 is 27.2 Å². The Kier molecular flexibility index (Phi) is 3.57. The van der Waals surface area contributed by atoms with Crippen LogP contribution in [0.2, 0.25) is 0 Å². The van der Waals surface area contributed by atoms with Crippen molar-refractivity contribution >= 4 is 44.8 Å². The summed E-state index contributed by atoms with van der Waals surface area (Å²) in [6, 6.07) is 1.17. The van der Waals surface area contributed by atoms with Crippen molar-refractivity contribution in [3.63, 3.8) is 0 Å². The lowest BCUT2D eigenvalue weighted by Crippen LogP contribution is -2.31. The van der Waals surface area contributed by atoms with Crippen LogP contribution >= 0.6 is 22.6 Å². The maximum Gasteiger partial charge on any atom is 0.534 e. The van der Waals surface area contributed by atoms with E-state index in [2.05, 4.69) is 4.18 Å². The first-order chi connectivity index (χ1) is 9.08. The van der Waals surface area contributed by atoms with Crippen LogP contribution in [0.1, 0.15) is 26.3 Å². The molecule has 0 aliphatic heterocycles. The summed E-state index contributed by atoms with van der Waals surface area (Å²) in [5, 5.41) is 0. The summed E-state index contributed by atoms with van der Waals surface area (Å²) in [6.45, 7) is 0. The first-order valence-corrected chi connectivity index (χ1v) is 7.41. The normalized spacial score (nSPS) is 14.5. The molecule has 1 aliphatic rings. The highest BCUT2D eigenvalue weighted by molar-refractivity contribution is 14.1. The monoisotopic (exact) mass is 420 g/mol. The van der Waals surface area contributed by atoms with Gasteiger partial charge in [0, 0.05) is 12.0 Å². The fourth-order valence-corrected chi connectivity index (χ4v) is 3.01. The van der Waals surface area contributed by atoms with Crippen molar-refractivity contribution < 1.29 is 35.4 Å². The highest BCUT2D eigenvalue weighted by atomic mass is 127. The smallest absolute Gasteiger partial charge is 0.374 e. The zero-order chi connectivity index (χ0) is 15.3. The molecule has 0 N–H and O–H groups in total. The topological polar surface area (TPSA) is 77.5 Å². The van der Waals surface area contributed by atoms with Gasteiger partial charge < -0.3 is 4.18 Å². The van der Waals surface area contributed by atoms with Crippen LogP contribution in [0.15, 0.2) is 6.07 Å². The van der Waals surface area contributed by atoms with E-state index >= 15 is 0 Å². The van der Waals surface area contributed by atoms with Gasteiger partial charge in [0.05, 0.1) is 9.13 Å². The average molecular weight is 420 g/mol. The molecule has 0 saturated heterocycles. The predicted molar refractivity (Wildman–Crippen MR) is 68.2 cm³/mol. The van der Waals surface area contributed by atoms with Gasteiger partial charge in [0.2, 0.25) is 0 Å². The molecule has 1 aromatic carbocycles. The van der Waals surface area contributed by atoms with Crippen LogP contribution < -0.4 is 4.18 Å². The molecule has 0 aromatic heterocycles. The van der Waals surface area contributed by atoms with E-state index in [0.29, 0.717) is 6.29 Å². The summed E-state index contributed by atoms with van der Waals surface area (Å²) < 4.78 is 62.8. The van der Waals surface area contributed by atoms with Gasteiger partial charge in [-0.1, -0.05) is 0 Å². The molecular formula is C10H4F3IO5S. The second-order valence-electron chi connectivity index (χ2n) is 3.83. The molecule has 0 bridgehead atoms. The number of alkyl halides is 3. The summed E-state index contributed by atoms with van der Waals surface area (Å²) in [4.78, 5) is 22.2. The lowest BCUT2D eigenvalue weighted by Gasteiger charge is -2.23. The number of aldehydes is 1. The molecule has 5 nitrogen and oxygen atoms in total. The molecule has 10 heteroatoms. The number of halogens is 4. The van der Waals surface area contributed by atoms with Crippen molar-refractivity contribution in [1.29, 1.82) is 0 Å². The second kappa shape index (κ2) is 4.69. The SMILES string of the molecule is O=Cc1cc(I)c(OS(=O)(=O)C(F)(F)F)c2c1CC2=O. The van der Waals surface area contributed by atoms with Gasteiger partial charge in [-0.05, 0) is 34.2 Å². The molecule has 0 spiro atoms. The molecule has 0 unspecified atom stereocenters. The van der Waals surface area contributed by atoms with E-state index in [4.69, 9.17) is 0 Å². The number of carbonyl (C=O) groups excluding carboxylic acids is 2. The molecule has 1 aromatic rings. The number of ketones is 1. The Labute approximate surface area is 124 Å². The van der Waals surface area contributed by atoms with Crippen molar-refractivity contribution in [2.75, 3.05) is 0 Å². The quantitative estimate of drug-likeness (QED) is 0.324. The van der Waals surface area contributed by atoms with Crippen molar-refractivity contribution in [2.45, 2.75) is 11.9 Å². The molecule has 2 rings (SSSR count).